The number of benzene rings is 1. The van der Waals surface area contributed by atoms with Crippen LogP contribution in [0.1, 0.15) is 6.92 Å². The molecular formula is C11H8ClN3O4. The Kier molecular flexibility index (Phi) is 4.97. The van der Waals surface area contributed by atoms with Crippen molar-refractivity contribution in [2.45, 2.75) is 6.92 Å². The normalized spacial score (nSPS) is 10.7. The second-order valence-electron chi connectivity index (χ2n) is 3.19. The van der Waals surface area contributed by atoms with Crippen molar-refractivity contribution in [3.63, 3.8) is 0 Å². The van der Waals surface area contributed by atoms with Crippen LogP contribution < -0.4 is 0 Å². The van der Waals surface area contributed by atoms with Crippen molar-refractivity contribution in [1.29, 1.82) is 5.26 Å². The smallest absolute Gasteiger partial charge is 0.367 e. The molecule has 0 aliphatic rings. The van der Waals surface area contributed by atoms with Crippen molar-refractivity contribution < 1.29 is 14.5 Å². The molecule has 0 N–H and O–H groups in total. The number of esters is 1. The molecule has 0 bridgehead atoms. The maximum Gasteiger partial charge on any atom is 0.367 e. The fourth-order valence-corrected chi connectivity index (χ4v) is 1.35. The van der Waals surface area contributed by atoms with Gasteiger partial charge in [0.15, 0.2) is 0 Å². The molecule has 0 aliphatic heterocycles. The first-order chi connectivity index (χ1) is 8.99. The van der Waals surface area contributed by atoms with Gasteiger partial charge in [-0.05, 0) is 13.0 Å². The number of nitro benzene ring substituents is 1. The molecule has 0 amide bonds. The summed E-state index contributed by atoms with van der Waals surface area (Å²) in [6, 6.07) is 5.09. The average molecular weight is 282 g/mol. The predicted octanol–water partition coefficient (Wildman–Crippen LogP) is 2.41. The van der Waals surface area contributed by atoms with Crippen LogP contribution >= 0.6 is 11.6 Å². The summed E-state index contributed by atoms with van der Waals surface area (Å²) in [5, 5.41) is 19.3. The molecule has 1 aromatic carbocycles. The first kappa shape index (κ1) is 14.6. The number of hydrogen-bond acceptors (Lipinski definition) is 6. The van der Waals surface area contributed by atoms with Gasteiger partial charge in [-0.2, -0.15) is 5.26 Å². The van der Waals surface area contributed by atoms with Crippen molar-refractivity contribution in [3.8, 4) is 6.07 Å². The van der Waals surface area contributed by atoms with Gasteiger partial charge in [0.2, 0.25) is 5.71 Å². The van der Waals surface area contributed by atoms with E-state index < -0.39 is 16.6 Å². The topological polar surface area (TPSA) is 106 Å². The lowest BCUT2D eigenvalue weighted by Crippen LogP contribution is -2.15. The quantitative estimate of drug-likeness (QED) is 0.364. The molecule has 0 saturated heterocycles. The SMILES string of the molecule is CCOC(=O)C(C#N)=Nc1ccc([N+](=O)[O-])cc1Cl. The predicted molar refractivity (Wildman–Crippen MR) is 67.4 cm³/mol. The standard InChI is InChI=1S/C11H8ClN3O4/c1-2-19-11(16)10(6-13)14-9-4-3-7(15(17)18)5-8(9)12/h3-5H,2H2,1H3. The van der Waals surface area contributed by atoms with E-state index in [4.69, 9.17) is 16.9 Å². The van der Waals surface area contributed by atoms with Crippen molar-refractivity contribution in [3.05, 3.63) is 33.3 Å². The highest BCUT2D eigenvalue weighted by molar-refractivity contribution is 6.44. The molecule has 0 saturated carbocycles. The number of nitro groups is 1. The van der Waals surface area contributed by atoms with Gasteiger partial charge >= 0.3 is 5.97 Å². The Morgan fingerprint density at radius 2 is 2.32 bits per heavy atom. The van der Waals surface area contributed by atoms with Crippen LogP contribution in [0.3, 0.4) is 0 Å². The Hall–Kier alpha value is -2.46. The molecule has 0 aromatic heterocycles. The lowest BCUT2D eigenvalue weighted by Gasteiger charge is -2.01. The van der Waals surface area contributed by atoms with Gasteiger partial charge in [0.1, 0.15) is 6.07 Å². The van der Waals surface area contributed by atoms with Crippen LogP contribution in [0.2, 0.25) is 5.02 Å². The average Bonchev–Trinajstić information content (AvgIpc) is 2.37. The maximum absolute atomic E-state index is 11.3. The molecular weight excluding hydrogens is 274 g/mol. The zero-order valence-corrected chi connectivity index (χ0v) is 10.5. The van der Waals surface area contributed by atoms with Crippen LogP contribution in [0.15, 0.2) is 23.2 Å². The number of rotatable bonds is 4. The van der Waals surface area contributed by atoms with Gasteiger partial charge in [-0.25, -0.2) is 9.79 Å². The highest BCUT2D eigenvalue weighted by atomic mass is 35.5. The Morgan fingerprint density at radius 1 is 1.63 bits per heavy atom. The zero-order valence-electron chi connectivity index (χ0n) is 9.79. The third kappa shape index (κ3) is 3.76. The number of halogens is 1. The molecule has 0 fully saturated rings. The Balaban J connectivity index is 3.13. The summed E-state index contributed by atoms with van der Waals surface area (Å²) in [5.74, 6) is -0.876. The van der Waals surface area contributed by atoms with Crippen molar-refractivity contribution in [2.75, 3.05) is 6.61 Å². The van der Waals surface area contributed by atoms with Crippen molar-refractivity contribution in [2.24, 2.45) is 4.99 Å². The van der Waals surface area contributed by atoms with E-state index in [9.17, 15) is 14.9 Å². The molecule has 7 nitrogen and oxygen atoms in total. The number of ether oxygens (including phenoxy) is 1. The summed E-state index contributed by atoms with van der Waals surface area (Å²) >= 11 is 5.78. The van der Waals surface area contributed by atoms with Crippen molar-refractivity contribution >= 4 is 34.7 Å². The number of nitriles is 1. The minimum atomic E-state index is -0.876. The molecule has 0 atom stereocenters. The molecule has 0 heterocycles. The number of aliphatic imine (C=N–C) groups is 1. The monoisotopic (exact) mass is 281 g/mol. The largest absolute Gasteiger partial charge is 0.461 e. The number of non-ortho nitro benzene ring substituents is 1. The summed E-state index contributed by atoms with van der Waals surface area (Å²) in [6.45, 7) is 1.69. The van der Waals surface area contributed by atoms with Crippen LogP contribution in [0.4, 0.5) is 11.4 Å². The van der Waals surface area contributed by atoms with Gasteiger partial charge < -0.3 is 4.74 Å². The van der Waals surface area contributed by atoms with E-state index in [0.717, 1.165) is 6.07 Å². The highest BCUT2D eigenvalue weighted by Crippen LogP contribution is 2.29. The maximum atomic E-state index is 11.3. The van der Waals surface area contributed by atoms with E-state index >= 15 is 0 Å². The van der Waals surface area contributed by atoms with Crippen LogP contribution in [0.25, 0.3) is 0 Å². The summed E-state index contributed by atoms with van der Waals surface area (Å²) in [7, 11) is 0. The van der Waals surface area contributed by atoms with Gasteiger partial charge in [0.05, 0.1) is 22.2 Å². The number of carbonyl (C=O) groups excluding carboxylic acids is 1. The third-order valence-corrected chi connectivity index (χ3v) is 2.25. The Morgan fingerprint density at radius 3 is 2.79 bits per heavy atom. The summed E-state index contributed by atoms with van der Waals surface area (Å²) in [4.78, 5) is 25.0. The number of carbonyl (C=O) groups is 1. The van der Waals surface area contributed by atoms with E-state index in [1.807, 2.05) is 0 Å². The minimum Gasteiger partial charge on any atom is -0.461 e. The van der Waals surface area contributed by atoms with E-state index in [1.165, 1.54) is 12.1 Å². The lowest BCUT2D eigenvalue weighted by molar-refractivity contribution is -0.384. The van der Waals surface area contributed by atoms with Crippen LogP contribution in [0, 0.1) is 21.4 Å². The summed E-state index contributed by atoms with van der Waals surface area (Å²) < 4.78 is 4.63. The second kappa shape index (κ2) is 6.47. The van der Waals surface area contributed by atoms with Gasteiger partial charge in [-0.1, -0.05) is 11.6 Å². The van der Waals surface area contributed by atoms with Gasteiger partial charge in [-0.3, -0.25) is 10.1 Å². The van der Waals surface area contributed by atoms with Gasteiger partial charge in [0, 0.05) is 12.1 Å². The second-order valence-corrected chi connectivity index (χ2v) is 3.59. The highest BCUT2D eigenvalue weighted by Gasteiger charge is 2.14. The minimum absolute atomic E-state index is 0.0359. The van der Waals surface area contributed by atoms with Gasteiger partial charge in [0.25, 0.3) is 5.69 Å². The van der Waals surface area contributed by atoms with E-state index in [0.29, 0.717) is 0 Å². The Labute approximate surface area is 113 Å². The zero-order chi connectivity index (χ0) is 14.4. The van der Waals surface area contributed by atoms with Crippen LogP contribution in [-0.4, -0.2) is 23.2 Å². The first-order valence-electron chi connectivity index (χ1n) is 5.09. The summed E-state index contributed by atoms with van der Waals surface area (Å²) in [5.41, 5.74) is -0.604. The van der Waals surface area contributed by atoms with Crippen molar-refractivity contribution in [1.82, 2.24) is 0 Å². The fourth-order valence-electron chi connectivity index (χ4n) is 1.14. The number of nitrogens with zero attached hydrogens (tertiary/aromatic N) is 3. The molecule has 0 unspecified atom stereocenters. The van der Waals surface area contributed by atoms with Gasteiger partial charge in [-0.15, -0.1) is 0 Å². The van der Waals surface area contributed by atoms with E-state index in [1.54, 1.807) is 13.0 Å². The Bertz CT molecular complexity index is 592. The van der Waals surface area contributed by atoms with Crippen LogP contribution in [0.5, 0.6) is 0 Å². The first-order valence-corrected chi connectivity index (χ1v) is 5.47. The van der Waals surface area contributed by atoms with E-state index in [2.05, 4.69) is 9.73 Å². The number of hydrogen-bond donors (Lipinski definition) is 0. The molecule has 98 valence electrons. The molecule has 0 spiro atoms. The molecule has 1 rings (SSSR count). The van der Waals surface area contributed by atoms with E-state index in [-0.39, 0.29) is 23.0 Å². The third-order valence-electron chi connectivity index (χ3n) is 1.95. The molecule has 0 aliphatic carbocycles. The molecule has 19 heavy (non-hydrogen) atoms. The fraction of sp³-hybridized carbons (Fsp3) is 0.182. The van der Waals surface area contributed by atoms with Crippen LogP contribution in [-0.2, 0) is 9.53 Å². The molecule has 8 heteroatoms. The summed E-state index contributed by atoms with van der Waals surface area (Å²) in [6.07, 6.45) is 0. The lowest BCUT2D eigenvalue weighted by atomic mass is 10.3. The molecule has 1 aromatic rings. The molecule has 0 radical (unpaired) electrons.